The van der Waals surface area contributed by atoms with Crippen LogP contribution in [0.25, 0.3) is 0 Å². The number of nitrogens with zero attached hydrogens (tertiary/aromatic N) is 4. The van der Waals surface area contributed by atoms with E-state index >= 15 is 0 Å². The first-order valence-electron chi connectivity index (χ1n) is 16.9. The minimum atomic E-state index is -0.184. The van der Waals surface area contributed by atoms with Crippen LogP contribution in [0.1, 0.15) is 34.1 Å². The summed E-state index contributed by atoms with van der Waals surface area (Å²) in [6, 6.07) is 0. The number of rotatable bonds is 32. The van der Waals surface area contributed by atoms with E-state index in [0.29, 0.717) is 32.7 Å². The fourth-order valence-electron chi connectivity index (χ4n) is 4.81. The van der Waals surface area contributed by atoms with Crippen molar-refractivity contribution in [3.05, 3.63) is 0 Å². The molecular formula is C30H75N13. The molecule has 0 aliphatic heterocycles. The van der Waals surface area contributed by atoms with Gasteiger partial charge in [-0.2, -0.15) is 0 Å². The highest BCUT2D eigenvalue weighted by molar-refractivity contribution is 4.82. The van der Waals surface area contributed by atoms with E-state index in [1.807, 2.05) is 0 Å². The average Bonchev–Trinajstić information content (AvgIpc) is 2.97. The summed E-state index contributed by atoms with van der Waals surface area (Å²) in [6.07, 6.45) is 0.950. The number of hydrogen-bond acceptors (Lipinski definition) is 13. The van der Waals surface area contributed by atoms with Gasteiger partial charge in [0.1, 0.15) is 0 Å². The summed E-state index contributed by atoms with van der Waals surface area (Å²) in [5, 5.41) is 10.7. The molecule has 0 heterocycles. The molecule has 0 aliphatic carbocycles. The molecular weight excluding hydrogens is 542 g/mol. The number of nitrogens with one attached hydrogen (secondary N) is 3. The average molecular weight is 618 g/mol. The van der Waals surface area contributed by atoms with Crippen molar-refractivity contribution in [2.75, 3.05) is 151 Å². The monoisotopic (exact) mass is 618 g/mol. The third kappa shape index (κ3) is 24.4. The lowest BCUT2D eigenvalue weighted by Gasteiger charge is -2.32. The molecule has 15 N–H and O–H groups in total. The highest BCUT2D eigenvalue weighted by atomic mass is 15.2. The minimum absolute atomic E-state index is 0.103. The van der Waals surface area contributed by atoms with E-state index in [1.165, 1.54) is 0 Å². The minimum Gasteiger partial charge on any atom is -0.330 e. The van der Waals surface area contributed by atoms with Crippen LogP contribution in [-0.2, 0) is 0 Å². The first-order chi connectivity index (χ1) is 20.6. The molecule has 0 aliphatic rings. The first-order valence-corrected chi connectivity index (χ1v) is 16.9. The lowest BCUT2D eigenvalue weighted by Crippen LogP contribution is -2.50. The maximum Gasteiger partial charge on any atom is 0.0252 e. The highest BCUT2D eigenvalue weighted by Gasteiger charge is 2.20. The second-order valence-electron chi connectivity index (χ2n) is 13.0. The summed E-state index contributed by atoms with van der Waals surface area (Å²) in [7, 11) is 0. The molecule has 43 heavy (non-hydrogen) atoms. The number of nitrogens with two attached hydrogens (primary N) is 6. The Morgan fingerprint density at radius 1 is 0.488 bits per heavy atom. The molecule has 0 saturated carbocycles. The van der Waals surface area contributed by atoms with E-state index in [2.05, 4.69) is 63.2 Å². The van der Waals surface area contributed by atoms with Gasteiger partial charge < -0.3 is 50.4 Å². The zero-order valence-electron chi connectivity index (χ0n) is 28.7. The van der Waals surface area contributed by atoms with Crippen LogP contribution in [0.5, 0.6) is 0 Å². The van der Waals surface area contributed by atoms with Gasteiger partial charge in [0.2, 0.25) is 0 Å². The lowest BCUT2D eigenvalue weighted by atomic mass is 9.94. The molecule has 0 saturated heterocycles. The zero-order chi connectivity index (χ0) is 32.4. The summed E-state index contributed by atoms with van der Waals surface area (Å²) in [6.45, 7) is 28.9. The first kappa shape index (κ1) is 42.5. The van der Waals surface area contributed by atoms with E-state index in [4.69, 9.17) is 34.4 Å². The zero-order valence-corrected chi connectivity index (χ0v) is 28.7. The standard InChI is InChI=1S/C30H75N13/c1-5-30(4,36)28-43(17-9-34)21-13-38-12-19-41(18-11-37-10-6-31)23-25-42(20-14-39-27-29(2,3)26-35)24-22-40(15-7-32)16-8-33/h37-39H,5-28,31-36H2,1-4H3. The Labute approximate surface area is 265 Å². The predicted molar refractivity (Wildman–Crippen MR) is 186 cm³/mol. The Morgan fingerprint density at radius 3 is 1.33 bits per heavy atom. The predicted octanol–water partition coefficient (Wildman–Crippen LogP) is -3.09. The SMILES string of the molecule is CCC(C)(N)CN(CCN)CCNCCN(CCNCCN)CCN(CCNCC(C)(C)CN)CCN(CCN)CCN. The lowest BCUT2D eigenvalue weighted by molar-refractivity contribution is 0.176. The molecule has 1 atom stereocenters. The molecule has 1 unspecified atom stereocenters. The van der Waals surface area contributed by atoms with E-state index < -0.39 is 0 Å². The van der Waals surface area contributed by atoms with Crippen LogP contribution in [0.15, 0.2) is 0 Å². The molecule has 0 fully saturated rings. The topological polar surface area (TPSA) is 205 Å². The molecule has 13 heteroatoms. The molecule has 260 valence electrons. The van der Waals surface area contributed by atoms with Crippen LogP contribution in [0.2, 0.25) is 0 Å². The largest absolute Gasteiger partial charge is 0.330 e. The quantitative estimate of drug-likeness (QED) is 0.0344. The van der Waals surface area contributed by atoms with E-state index in [9.17, 15) is 0 Å². The number of hydrogen-bond donors (Lipinski definition) is 9. The van der Waals surface area contributed by atoms with Crippen molar-refractivity contribution >= 4 is 0 Å². The van der Waals surface area contributed by atoms with Gasteiger partial charge in [0.05, 0.1) is 0 Å². The third-order valence-electron chi connectivity index (χ3n) is 8.09. The second-order valence-corrected chi connectivity index (χ2v) is 13.0. The van der Waals surface area contributed by atoms with Gasteiger partial charge in [0.25, 0.3) is 0 Å². The molecule has 0 aromatic rings. The van der Waals surface area contributed by atoms with Gasteiger partial charge in [-0.15, -0.1) is 0 Å². The van der Waals surface area contributed by atoms with Gasteiger partial charge in [0, 0.05) is 150 Å². The van der Waals surface area contributed by atoms with Crippen molar-refractivity contribution in [2.45, 2.75) is 39.7 Å². The van der Waals surface area contributed by atoms with Crippen molar-refractivity contribution in [1.82, 2.24) is 35.6 Å². The van der Waals surface area contributed by atoms with Gasteiger partial charge in [-0.1, -0.05) is 20.8 Å². The van der Waals surface area contributed by atoms with E-state index in [0.717, 1.165) is 124 Å². The van der Waals surface area contributed by atoms with Crippen molar-refractivity contribution in [2.24, 2.45) is 39.8 Å². The molecule has 13 nitrogen and oxygen atoms in total. The van der Waals surface area contributed by atoms with Gasteiger partial charge in [-0.3, -0.25) is 19.6 Å². The van der Waals surface area contributed by atoms with Crippen molar-refractivity contribution < 1.29 is 0 Å². The van der Waals surface area contributed by atoms with Crippen LogP contribution in [0.3, 0.4) is 0 Å². The summed E-state index contributed by atoms with van der Waals surface area (Å²) >= 11 is 0. The molecule has 0 aromatic carbocycles. The maximum absolute atomic E-state index is 6.42. The van der Waals surface area contributed by atoms with Crippen LogP contribution in [0, 0.1) is 5.41 Å². The van der Waals surface area contributed by atoms with Gasteiger partial charge >= 0.3 is 0 Å². The van der Waals surface area contributed by atoms with Crippen LogP contribution in [0.4, 0.5) is 0 Å². The summed E-state index contributed by atoms with van der Waals surface area (Å²) in [4.78, 5) is 9.87. The maximum atomic E-state index is 6.42. The van der Waals surface area contributed by atoms with Crippen molar-refractivity contribution in [3.63, 3.8) is 0 Å². The molecule has 0 radical (unpaired) electrons. The van der Waals surface area contributed by atoms with Crippen molar-refractivity contribution in [3.8, 4) is 0 Å². The van der Waals surface area contributed by atoms with Crippen molar-refractivity contribution in [1.29, 1.82) is 0 Å². The van der Waals surface area contributed by atoms with Gasteiger partial charge in [0.15, 0.2) is 0 Å². The fourth-order valence-corrected chi connectivity index (χ4v) is 4.81. The Bertz CT molecular complexity index is 603. The normalized spacial score (nSPS) is 14.1. The van der Waals surface area contributed by atoms with E-state index in [1.54, 1.807) is 0 Å². The second kappa shape index (κ2) is 26.7. The van der Waals surface area contributed by atoms with Crippen LogP contribution >= 0.6 is 0 Å². The highest BCUT2D eigenvalue weighted by Crippen LogP contribution is 2.09. The summed E-state index contributed by atoms with van der Waals surface area (Å²) in [5.41, 5.74) is 35.6. The molecule has 0 aromatic heterocycles. The van der Waals surface area contributed by atoms with Gasteiger partial charge in [-0.25, -0.2) is 0 Å². The molecule has 0 spiro atoms. The van der Waals surface area contributed by atoms with E-state index in [-0.39, 0.29) is 11.0 Å². The smallest absolute Gasteiger partial charge is 0.0252 e. The summed E-state index contributed by atoms with van der Waals surface area (Å²) in [5.74, 6) is 0. The molecule has 0 bridgehead atoms. The van der Waals surface area contributed by atoms with Crippen LogP contribution in [-0.4, -0.2) is 176 Å². The Kier molecular flexibility index (Phi) is 26.4. The van der Waals surface area contributed by atoms with Crippen LogP contribution < -0.4 is 50.4 Å². The molecule has 0 amide bonds. The fraction of sp³-hybridized carbons (Fsp3) is 1.00. The third-order valence-corrected chi connectivity index (χ3v) is 8.09. The molecule has 0 rings (SSSR count). The Morgan fingerprint density at radius 2 is 0.884 bits per heavy atom. The Balaban J connectivity index is 5.03. The Hall–Kier alpha value is -0.520. The summed E-state index contributed by atoms with van der Waals surface area (Å²) < 4.78 is 0. The van der Waals surface area contributed by atoms with Gasteiger partial charge in [-0.05, 0) is 25.3 Å².